The molecule has 2 N–H and O–H groups in total. The van der Waals surface area contributed by atoms with Gasteiger partial charge in [0.15, 0.2) is 14.6 Å². The maximum atomic E-state index is 15.0. The molecule has 0 aliphatic rings. The van der Waals surface area contributed by atoms with Crippen LogP contribution in [0.1, 0.15) is 18.9 Å². The molecule has 8 nitrogen and oxygen atoms in total. The van der Waals surface area contributed by atoms with E-state index in [9.17, 15) is 18.0 Å². The van der Waals surface area contributed by atoms with Gasteiger partial charge >= 0.3 is 0 Å². The van der Waals surface area contributed by atoms with Crippen LogP contribution in [0.5, 0.6) is 0 Å². The van der Waals surface area contributed by atoms with Gasteiger partial charge in [0.2, 0.25) is 0 Å². The number of hydroxylamine groups is 1. The molecule has 0 aliphatic carbocycles. The number of nitrogens with zero attached hydrogens (tertiary/aromatic N) is 2. The average Bonchev–Trinajstić information content (AvgIpc) is 2.78. The number of fused-ring (bicyclic) bond motifs is 1. The second-order valence-electron chi connectivity index (χ2n) is 8.86. The average molecular weight is 490 g/mol. The molecule has 34 heavy (non-hydrogen) atoms. The molecule has 182 valence electrons. The summed E-state index contributed by atoms with van der Waals surface area (Å²) >= 11 is 0. The number of rotatable bonds is 8. The molecule has 0 saturated carbocycles. The van der Waals surface area contributed by atoms with Crippen molar-refractivity contribution < 1.29 is 22.8 Å². The first-order valence-corrected chi connectivity index (χ1v) is 12.5. The Morgan fingerprint density at radius 3 is 2.29 bits per heavy atom. The van der Waals surface area contributed by atoms with E-state index in [0.717, 1.165) is 47.2 Å². The van der Waals surface area contributed by atoms with Gasteiger partial charge in [0, 0.05) is 30.9 Å². The minimum atomic E-state index is -3.94. The van der Waals surface area contributed by atoms with E-state index in [-0.39, 0.29) is 23.7 Å². The molecule has 0 aliphatic heterocycles. The first kappa shape index (κ1) is 25.5. The van der Waals surface area contributed by atoms with Gasteiger partial charge in [0.1, 0.15) is 5.82 Å². The van der Waals surface area contributed by atoms with Gasteiger partial charge in [0.25, 0.3) is 11.5 Å². The molecule has 0 fully saturated rings. The molecule has 0 saturated heterocycles. The Hall–Kier alpha value is -3.08. The summed E-state index contributed by atoms with van der Waals surface area (Å²) in [5, 5.41) is 9.24. The molecule has 1 amide bonds. The van der Waals surface area contributed by atoms with Crippen LogP contribution < -0.4 is 11.0 Å². The third-order valence-electron chi connectivity index (χ3n) is 6.05. The van der Waals surface area contributed by atoms with Crippen molar-refractivity contribution in [3.63, 3.8) is 0 Å². The van der Waals surface area contributed by atoms with Crippen molar-refractivity contribution in [1.82, 2.24) is 14.9 Å². The zero-order chi connectivity index (χ0) is 25.3. The molecular formula is C24H28FN3O5S. The van der Waals surface area contributed by atoms with Crippen LogP contribution >= 0.6 is 0 Å². The van der Waals surface area contributed by atoms with E-state index in [1.165, 1.54) is 11.5 Å². The standard InChI is InChI=1S/C24H28FN3O5S/c1-24(23(30)26-31,34(4,32)33)11-12-28-15-21(25)20-13-18(9-10-19(20)22(28)29)17-7-5-16(6-8-17)14-27(2)3/h5-10,13,15,31H,11-12,14H2,1-4H3,(H,26,30)/t24-/m0/s1. The minimum Gasteiger partial charge on any atom is -0.312 e. The number of aryl methyl sites for hydroxylation is 1. The summed E-state index contributed by atoms with van der Waals surface area (Å²) < 4.78 is 38.4. The quantitative estimate of drug-likeness (QED) is 0.372. The summed E-state index contributed by atoms with van der Waals surface area (Å²) in [6.45, 7) is 1.70. The summed E-state index contributed by atoms with van der Waals surface area (Å²) in [7, 11) is 0.0225. The van der Waals surface area contributed by atoms with E-state index in [0.29, 0.717) is 0 Å². The first-order valence-electron chi connectivity index (χ1n) is 10.6. The van der Waals surface area contributed by atoms with Crippen molar-refractivity contribution in [1.29, 1.82) is 0 Å². The van der Waals surface area contributed by atoms with E-state index in [1.807, 2.05) is 38.4 Å². The fourth-order valence-electron chi connectivity index (χ4n) is 3.78. The summed E-state index contributed by atoms with van der Waals surface area (Å²) in [6, 6.07) is 12.8. The maximum Gasteiger partial charge on any atom is 0.264 e. The Labute approximate surface area is 197 Å². The van der Waals surface area contributed by atoms with Crippen LogP contribution in [0, 0.1) is 5.82 Å². The number of aromatic nitrogens is 1. The molecule has 3 rings (SSSR count). The largest absolute Gasteiger partial charge is 0.312 e. The number of amides is 1. The Bertz CT molecular complexity index is 1380. The lowest BCUT2D eigenvalue weighted by atomic mass is 10.0. The van der Waals surface area contributed by atoms with Gasteiger partial charge in [-0.05, 0) is 56.3 Å². The van der Waals surface area contributed by atoms with Crippen molar-refractivity contribution >= 4 is 26.5 Å². The lowest BCUT2D eigenvalue weighted by Gasteiger charge is -2.25. The molecule has 1 heterocycles. The minimum absolute atomic E-state index is 0.139. The van der Waals surface area contributed by atoms with Gasteiger partial charge < -0.3 is 9.47 Å². The van der Waals surface area contributed by atoms with Crippen LogP contribution in [0.15, 0.2) is 53.5 Å². The third kappa shape index (κ3) is 5.03. The van der Waals surface area contributed by atoms with E-state index in [2.05, 4.69) is 4.90 Å². The highest BCUT2D eigenvalue weighted by Gasteiger charge is 2.43. The molecule has 1 aromatic heterocycles. The second kappa shape index (κ2) is 9.65. The number of nitrogens with one attached hydrogen (secondary N) is 1. The predicted octanol–water partition coefficient (Wildman–Crippen LogP) is 2.57. The topological polar surface area (TPSA) is 109 Å². The van der Waals surface area contributed by atoms with E-state index in [1.54, 1.807) is 12.1 Å². The molecule has 0 spiro atoms. The SMILES string of the molecule is CN(C)Cc1ccc(-c2ccc3c(=O)n(CC[C@@](C)(C(=O)NO)S(C)(=O)=O)cc(F)c3c2)cc1. The number of pyridine rings is 1. The van der Waals surface area contributed by atoms with Crippen LogP contribution in [-0.2, 0) is 27.7 Å². The number of sulfone groups is 1. The molecule has 0 unspecified atom stereocenters. The smallest absolute Gasteiger partial charge is 0.264 e. The summed E-state index contributed by atoms with van der Waals surface area (Å²) in [6.07, 6.45) is 1.54. The van der Waals surface area contributed by atoms with Crippen LogP contribution in [0.3, 0.4) is 0 Å². The van der Waals surface area contributed by atoms with Crippen LogP contribution in [0.25, 0.3) is 21.9 Å². The molecule has 2 aromatic carbocycles. The fraction of sp³-hybridized carbons (Fsp3) is 0.333. The lowest BCUT2D eigenvalue weighted by Crippen LogP contribution is -2.50. The van der Waals surface area contributed by atoms with Crippen molar-refractivity contribution in [2.45, 2.75) is 31.2 Å². The third-order valence-corrected chi connectivity index (χ3v) is 8.08. The van der Waals surface area contributed by atoms with Crippen molar-refractivity contribution in [3.05, 3.63) is 70.4 Å². The molecule has 0 radical (unpaired) electrons. The highest BCUT2D eigenvalue weighted by Crippen LogP contribution is 2.26. The maximum absolute atomic E-state index is 15.0. The van der Waals surface area contributed by atoms with Crippen molar-refractivity contribution in [2.24, 2.45) is 0 Å². The van der Waals surface area contributed by atoms with Gasteiger partial charge in [-0.3, -0.25) is 14.8 Å². The van der Waals surface area contributed by atoms with E-state index in [4.69, 9.17) is 5.21 Å². The highest BCUT2D eigenvalue weighted by molar-refractivity contribution is 7.92. The molecule has 10 heteroatoms. The predicted molar refractivity (Wildman–Crippen MR) is 129 cm³/mol. The van der Waals surface area contributed by atoms with Crippen LogP contribution in [-0.4, -0.2) is 54.1 Å². The monoisotopic (exact) mass is 489 g/mol. The van der Waals surface area contributed by atoms with Gasteiger partial charge in [-0.1, -0.05) is 30.3 Å². The Morgan fingerprint density at radius 2 is 1.74 bits per heavy atom. The highest BCUT2D eigenvalue weighted by atomic mass is 32.2. The number of hydrogen-bond acceptors (Lipinski definition) is 6. The van der Waals surface area contributed by atoms with Gasteiger partial charge in [-0.2, -0.15) is 0 Å². The summed E-state index contributed by atoms with van der Waals surface area (Å²) in [4.78, 5) is 27.0. The fourth-order valence-corrected chi connectivity index (χ4v) is 4.63. The van der Waals surface area contributed by atoms with Gasteiger partial charge in [0.05, 0.1) is 5.39 Å². The zero-order valence-corrected chi connectivity index (χ0v) is 20.3. The lowest BCUT2D eigenvalue weighted by molar-refractivity contribution is -0.131. The van der Waals surface area contributed by atoms with Crippen molar-refractivity contribution in [3.8, 4) is 11.1 Å². The molecule has 1 atom stereocenters. The zero-order valence-electron chi connectivity index (χ0n) is 19.5. The van der Waals surface area contributed by atoms with Gasteiger partial charge in [-0.25, -0.2) is 18.3 Å². The van der Waals surface area contributed by atoms with E-state index >= 15 is 4.39 Å². The van der Waals surface area contributed by atoms with Gasteiger partial charge in [-0.15, -0.1) is 0 Å². The number of hydrogen-bond donors (Lipinski definition) is 2. The molecule has 3 aromatic rings. The first-order chi connectivity index (χ1) is 15.9. The summed E-state index contributed by atoms with van der Waals surface area (Å²) in [5.41, 5.74) is 3.62. The van der Waals surface area contributed by atoms with Crippen LogP contribution in [0.2, 0.25) is 0 Å². The normalized spacial score (nSPS) is 13.7. The Morgan fingerprint density at radius 1 is 1.12 bits per heavy atom. The Kier molecular flexibility index (Phi) is 7.25. The Balaban J connectivity index is 1.95. The number of carbonyl (C=O) groups excluding carboxylic acids is 1. The van der Waals surface area contributed by atoms with Crippen molar-refractivity contribution in [2.75, 3.05) is 20.4 Å². The summed E-state index contributed by atoms with van der Waals surface area (Å²) in [5.74, 6) is -1.76. The number of carbonyl (C=O) groups is 1. The molecule has 0 bridgehead atoms. The second-order valence-corrected chi connectivity index (χ2v) is 11.3. The molecular weight excluding hydrogens is 461 g/mol. The van der Waals surface area contributed by atoms with E-state index < -0.39 is 31.9 Å². The number of benzene rings is 2. The number of halogens is 1. The van der Waals surface area contributed by atoms with Crippen LogP contribution in [0.4, 0.5) is 4.39 Å².